The molecule has 1 aromatic carbocycles. The molecule has 0 atom stereocenters. The number of halogens is 1. The summed E-state index contributed by atoms with van der Waals surface area (Å²) in [7, 11) is -1.40. The molecule has 0 aliphatic carbocycles. The highest BCUT2D eigenvalue weighted by molar-refractivity contribution is 7.94. The second kappa shape index (κ2) is 6.55. The van der Waals surface area contributed by atoms with Crippen LogP contribution in [0.5, 0.6) is 5.75 Å². The molecule has 9 heteroatoms. The molecule has 0 bridgehead atoms. The van der Waals surface area contributed by atoms with E-state index in [0.717, 1.165) is 11.3 Å². The van der Waals surface area contributed by atoms with Crippen LogP contribution in [0.4, 0.5) is 5.69 Å². The number of methoxy groups -OCH3 is 2. The summed E-state index contributed by atoms with van der Waals surface area (Å²) in [5.41, 5.74) is 0.408. The van der Waals surface area contributed by atoms with Crippen LogP contribution < -0.4 is 9.46 Å². The van der Waals surface area contributed by atoms with Crippen molar-refractivity contribution in [3.63, 3.8) is 0 Å². The van der Waals surface area contributed by atoms with Gasteiger partial charge in [-0.3, -0.25) is 4.72 Å². The van der Waals surface area contributed by atoms with E-state index in [4.69, 9.17) is 16.3 Å². The minimum atomic E-state index is -3.90. The van der Waals surface area contributed by atoms with Gasteiger partial charge in [-0.25, -0.2) is 13.2 Å². The zero-order valence-electron chi connectivity index (χ0n) is 11.6. The van der Waals surface area contributed by atoms with Gasteiger partial charge in [-0.1, -0.05) is 11.6 Å². The number of benzene rings is 1. The van der Waals surface area contributed by atoms with E-state index in [-0.39, 0.29) is 15.5 Å². The molecule has 0 amide bonds. The van der Waals surface area contributed by atoms with Gasteiger partial charge < -0.3 is 9.47 Å². The van der Waals surface area contributed by atoms with Crippen molar-refractivity contribution in [1.29, 1.82) is 0 Å². The molecule has 0 saturated carbocycles. The molecule has 0 aliphatic rings. The van der Waals surface area contributed by atoms with Crippen LogP contribution in [0.25, 0.3) is 0 Å². The molecule has 1 heterocycles. The van der Waals surface area contributed by atoms with Gasteiger partial charge in [0.05, 0.1) is 14.2 Å². The molecule has 1 aromatic heterocycles. The number of thiophene rings is 1. The average Bonchev–Trinajstić information content (AvgIpc) is 2.93. The summed E-state index contributed by atoms with van der Waals surface area (Å²) < 4.78 is 36.8. The Morgan fingerprint density at radius 3 is 2.41 bits per heavy atom. The summed E-state index contributed by atoms with van der Waals surface area (Å²) in [6, 6.07) is 6.18. The molecular weight excluding hydrogens is 350 g/mol. The lowest BCUT2D eigenvalue weighted by Gasteiger charge is -2.09. The van der Waals surface area contributed by atoms with Crippen LogP contribution in [0.3, 0.4) is 0 Å². The number of hydrogen-bond acceptors (Lipinski definition) is 6. The highest BCUT2D eigenvalue weighted by Gasteiger charge is 2.28. The second-order valence-corrected chi connectivity index (χ2v) is 7.27. The molecule has 0 fully saturated rings. The Bertz CT molecular complexity index is 783. The van der Waals surface area contributed by atoms with Crippen molar-refractivity contribution in [2.75, 3.05) is 18.9 Å². The van der Waals surface area contributed by atoms with E-state index in [0.29, 0.717) is 10.7 Å². The number of ether oxygens (including phenoxy) is 2. The lowest BCUT2D eigenvalue weighted by molar-refractivity contribution is 0.0597. The molecule has 0 radical (unpaired) electrons. The van der Waals surface area contributed by atoms with Crippen LogP contribution in [0.1, 0.15) is 10.4 Å². The first-order chi connectivity index (χ1) is 10.4. The minimum Gasteiger partial charge on any atom is -0.493 e. The summed E-state index contributed by atoms with van der Waals surface area (Å²) in [6.07, 6.45) is 0. The Hall–Kier alpha value is -1.77. The smallest absolute Gasteiger partial charge is 0.342 e. The molecule has 118 valence electrons. The molecule has 0 aliphatic heterocycles. The van der Waals surface area contributed by atoms with Crippen LogP contribution in [0, 0.1) is 0 Å². The maximum Gasteiger partial charge on any atom is 0.342 e. The molecule has 0 spiro atoms. The highest BCUT2D eigenvalue weighted by Crippen LogP contribution is 2.36. The number of rotatable bonds is 5. The Labute approximate surface area is 136 Å². The van der Waals surface area contributed by atoms with Crippen molar-refractivity contribution in [3.8, 4) is 5.75 Å². The predicted octanol–water partition coefficient (Wildman–Crippen LogP) is 3.00. The molecule has 2 rings (SSSR count). The van der Waals surface area contributed by atoms with Crippen LogP contribution in [0.2, 0.25) is 5.02 Å². The quantitative estimate of drug-likeness (QED) is 0.828. The maximum atomic E-state index is 12.4. The largest absolute Gasteiger partial charge is 0.493 e. The fraction of sp³-hybridized carbons (Fsp3) is 0.154. The number of carbonyl (C=O) groups is 1. The summed E-state index contributed by atoms with van der Waals surface area (Å²) in [5.74, 6) is -0.709. The average molecular weight is 362 g/mol. The molecule has 0 unspecified atom stereocenters. The third-order valence-corrected chi connectivity index (χ3v) is 5.79. The molecule has 6 nitrogen and oxygen atoms in total. The van der Waals surface area contributed by atoms with Gasteiger partial charge in [-0.15, -0.1) is 11.3 Å². The van der Waals surface area contributed by atoms with Crippen molar-refractivity contribution >= 4 is 44.6 Å². The van der Waals surface area contributed by atoms with E-state index in [1.165, 1.54) is 31.7 Å². The lowest BCUT2D eigenvalue weighted by atomic mass is 10.3. The highest BCUT2D eigenvalue weighted by atomic mass is 35.5. The van der Waals surface area contributed by atoms with Gasteiger partial charge >= 0.3 is 5.97 Å². The van der Waals surface area contributed by atoms with Gasteiger partial charge in [-0.05, 0) is 24.3 Å². The first-order valence-corrected chi connectivity index (χ1v) is 8.65. The molecule has 22 heavy (non-hydrogen) atoms. The monoisotopic (exact) mass is 361 g/mol. The van der Waals surface area contributed by atoms with Crippen molar-refractivity contribution in [2.45, 2.75) is 4.21 Å². The van der Waals surface area contributed by atoms with Gasteiger partial charge in [0.25, 0.3) is 10.0 Å². The SMILES string of the molecule is COC(=O)c1csc(S(=O)(=O)Nc2ccc(Cl)cc2)c1OC. The molecule has 0 saturated heterocycles. The Morgan fingerprint density at radius 1 is 1.23 bits per heavy atom. The van der Waals surface area contributed by atoms with E-state index in [1.54, 1.807) is 12.1 Å². The van der Waals surface area contributed by atoms with Gasteiger partial charge in [0.1, 0.15) is 5.56 Å². The topological polar surface area (TPSA) is 81.7 Å². The third-order valence-electron chi connectivity index (χ3n) is 2.66. The van der Waals surface area contributed by atoms with E-state index >= 15 is 0 Å². The number of esters is 1. The second-order valence-electron chi connectivity index (χ2n) is 4.07. The van der Waals surface area contributed by atoms with E-state index in [2.05, 4.69) is 9.46 Å². The third kappa shape index (κ3) is 3.34. The van der Waals surface area contributed by atoms with Crippen LogP contribution in [-0.2, 0) is 14.8 Å². The molecular formula is C13H12ClNO5S2. The van der Waals surface area contributed by atoms with Gasteiger partial charge in [0.2, 0.25) is 0 Å². The summed E-state index contributed by atoms with van der Waals surface area (Å²) >= 11 is 6.63. The first-order valence-electron chi connectivity index (χ1n) is 5.91. The standard InChI is InChI=1S/C13H12ClNO5S2/c1-19-11-10(12(16)20-2)7-21-13(11)22(17,18)15-9-5-3-8(14)4-6-9/h3-7,15H,1-2H3. The normalized spacial score (nSPS) is 11.0. The Kier molecular flexibility index (Phi) is 4.94. The maximum absolute atomic E-state index is 12.4. The predicted molar refractivity (Wildman–Crippen MR) is 84.5 cm³/mol. The molecule has 1 N–H and O–H groups in total. The fourth-order valence-electron chi connectivity index (χ4n) is 1.68. The number of sulfonamides is 1. The van der Waals surface area contributed by atoms with Crippen molar-refractivity contribution < 1.29 is 22.7 Å². The lowest BCUT2D eigenvalue weighted by Crippen LogP contribution is -2.13. The number of nitrogens with one attached hydrogen (secondary N) is 1. The number of hydrogen-bond donors (Lipinski definition) is 1. The summed E-state index contributed by atoms with van der Waals surface area (Å²) in [4.78, 5) is 11.6. The van der Waals surface area contributed by atoms with E-state index in [9.17, 15) is 13.2 Å². The van der Waals surface area contributed by atoms with Crippen LogP contribution in [0.15, 0.2) is 33.9 Å². The first kappa shape index (κ1) is 16.6. The van der Waals surface area contributed by atoms with Gasteiger partial charge in [0, 0.05) is 16.1 Å². The van der Waals surface area contributed by atoms with E-state index in [1.807, 2.05) is 0 Å². The number of carbonyl (C=O) groups excluding carboxylic acids is 1. The summed E-state index contributed by atoms with van der Waals surface area (Å²) in [6.45, 7) is 0. The van der Waals surface area contributed by atoms with Crippen LogP contribution >= 0.6 is 22.9 Å². The molecule has 2 aromatic rings. The minimum absolute atomic E-state index is 0.0432. The van der Waals surface area contributed by atoms with Crippen molar-refractivity contribution in [3.05, 3.63) is 40.2 Å². The number of anilines is 1. The Morgan fingerprint density at radius 2 is 1.86 bits per heavy atom. The zero-order valence-corrected chi connectivity index (χ0v) is 14.0. The van der Waals surface area contributed by atoms with Crippen LogP contribution in [-0.4, -0.2) is 28.6 Å². The summed E-state index contributed by atoms with van der Waals surface area (Å²) in [5, 5.41) is 1.87. The van der Waals surface area contributed by atoms with Gasteiger partial charge in [-0.2, -0.15) is 0 Å². The van der Waals surface area contributed by atoms with Gasteiger partial charge in [0.15, 0.2) is 9.96 Å². The zero-order chi connectivity index (χ0) is 16.3. The van der Waals surface area contributed by atoms with Crippen molar-refractivity contribution in [1.82, 2.24) is 0 Å². The van der Waals surface area contributed by atoms with Crippen molar-refractivity contribution in [2.24, 2.45) is 0 Å². The fourth-order valence-corrected chi connectivity index (χ4v) is 4.29. The Balaban J connectivity index is 2.39. The van der Waals surface area contributed by atoms with E-state index < -0.39 is 16.0 Å².